The van der Waals surface area contributed by atoms with Gasteiger partial charge in [-0.05, 0) is 12.8 Å². The summed E-state index contributed by atoms with van der Waals surface area (Å²) in [7, 11) is -9.84. The Kier molecular flexibility index (Phi) is 7.22. The second-order valence-corrected chi connectivity index (χ2v) is 13.2. The third kappa shape index (κ3) is 4.94. The van der Waals surface area contributed by atoms with Crippen LogP contribution in [0.3, 0.4) is 0 Å². The van der Waals surface area contributed by atoms with Crippen LogP contribution >= 0.6 is 19.2 Å². The number of aromatic nitrogens is 4. The van der Waals surface area contributed by atoms with Gasteiger partial charge in [-0.15, -0.1) is 5.10 Å². The molecule has 190 valence electrons. The lowest BCUT2D eigenvalue weighted by atomic mass is 10.1. The Morgan fingerprint density at radius 2 is 1.94 bits per heavy atom. The summed E-state index contributed by atoms with van der Waals surface area (Å²) in [6.45, 7) is -1.33. The minimum Gasteiger partial charge on any atom is -0.394 e. The van der Waals surface area contributed by atoms with Crippen LogP contribution in [0.4, 0.5) is 5.69 Å². The molecule has 0 bridgehead atoms. The second-order valence-electron chi connectivity index (χ2n) is 8.43. The largest absolute Gasteiger partial charge is 0.394 e. The Morgan fingerprint density at radius 1 is 1.26 bits per heavy atom. The van der Waals surface area contributed by atoms with Crippen molar-refractivity contribution in [3.8, 4) is 0 Å². The molecule has 0 aromatic carbocycles. The number of rotatable bonds is 8. The van der Waals surface area contributed by atoms with Crippen molar-refractivity contribution >= 4 is 45.9 Å². The monoisotopic (exact) mass is 541 g/mol. The van der Waals surface area contributed by atoms with Crippen LogP contribution in [0.2, 0.25) is 5.15 Å². The summed E-state index contributed by atoms with van der Waals surface area (Å²) in [5, 5.41) is 41.6. The van der Waals surface area contributed by atoms with E-state index < -0.39 is 59.3 Å². The average molecular weight is 542 g/mol. The highest BCUT2D eigenvalue weighted by atomic mass is 35.5. The molecule has 2 aliphatic rings. The zero-order valence-electron chi connectivity index (χ0n) is 17.7. The lowest BCUT2D eigenvalue weighted by Crippen LogP contribution is -2.39. The van der Waals surface area contributed by atoms with Gasteiger partial charge in [-0.25, -0.2) is 13.4 Å². The first-order valence-electron chi connectivity index (χ1n) is 10.5. The third-order valence-electron chi connectivity index (χ3n) is 6.04. The Morgan fingerprint density at radius 3 is 2.56 bits per heavy atom. The van der Waals surface area contributed by atoms with Crippen LogP contribution in [0.5, 0.6) is 0 Å². The van der Waals surface area contributed by atoms with Gasteiger partial charge in [-0.2, -0.15) is 4.68 Å². The number of anilines is 1. The van der Waals surface area contributed by atoms with Gasteiger partial charge in [0.15, 0.2) is 32.2 Å². The van der Waals surface area contributed by atoms with Crippen LogP contribution < -0.4 is 5.32 Å². The number of pyridine rings is 1. The van der Waals surface area contributed by atoms with Crippen molar-refractivity contribution in [2.45, 2.75) is 61.3 Å². The maximum absolute atomic E-state index is 12.5. The average Bonchev–Trinajstić information content (AvgIpc) is 3.44. The number of nitrogens with zero attached hydrogens (tertiary/aromatic N) is 4. The molecule has 3 heterocycles. The Bertz CT molecular complexity index is 1200. The fraction of sp³-hybridized carbons (Fsp3) is 0.706. The molecule has 0 radical (unpaired) electrons. The molecule has 1 unspecified atom stereocenters. The Balaban J connectivity index is 1.61. The van der Waals surface area contributed by atoms with E-state index in [4.69, 9.17) is 16.3 Å². The zero-order chi connectivity index (χ0) is 24.8. The van der Waals surface area contributed by atoms with Gasteiger partial charge in [-0.3, -0.25) is 4.57 Å². The molecule has 2 aromatic heterocycles. The topological polar surface area (TPSA) is 217 Å². The predicted octanol–water partition coefficient (Wildman–Crippen LogP) is -0.636. The van der Waals surface area contributed by atoms with Gasteiger partial charge in [0, 0.05) is 12.1 Å². The fourth-order valence-corrected chi connectivity index (χ4v) is 7.81. The molecule has 2 fully saturated rings. The number of nitrogens with one attached hydrogen (secondary N) is 1. The minimum atomic E-state index is -5.21. The number of hydrogen-bond donors (Lipinski definition) is 6. The summed E-state index contributed by atoms with van der Waals surface area (Å²) in [5.74, 6) is -1.06. The van der Waals surface area contributed by atoms with Crippen molar-refractivity contribution < 1.29 is 42.8 Å². The van der Waals surface area contributed by atoms with Crippen LogP contribution in [0.25, 0.3) is 11.2 Å². The summed E-state index contributed by atoms with van der Waals surface area (Å²) in [4.78, 5) is 20.3. The Labute approximate surface area is 199 Å². The molecule has 1 aliphatic carbocycles. The molecule has 0 spiro atoms. The van der Waals surface area contributed by atoms with Crippen molar-refractivity contribution in [3.63, 3.8) is 0 Å². The van der Waals surface area contributed by atoms with Crippen LogP contribution in [-0.4, -0.2) is 95.2 Å². The van der Waals surface area contributed by atoms with Gasteiger partial charge in [-0.1, -0.05) is 29.7 Å². The molecule has 17 heteroatoms. The summed E-state index contributed by atoms with van der Waals surface area (Å²) < 4.78 is 43.0. The van der Waals surface area contributed by atoms with Crippen molar-refractivity contribution in [3.05, 3.63) is 11.2 Å². The first kappa shape index (κ1) is 25.7. The Hall–Kier alpha value is -1.42. The highest BCUT2D eigenvalue weighted by Crippen LogP contribution is 2.45. The normalized spacial score (nSPS) is 27.5. The highest BCUT2D eigenvalue weighted by molar-refractivity contribution is 7.98. The van der Waals surface area contributed by atoms with Crippen LogP contribution in [0.15, 0.2) is 6.07 Å². The van der Waals surface area contributed by atoms with E-state index in [0.29, 0.717) is 11.2 Å². The van der Waals surface area contributed by atoms with E-state index in [9.17, 15) is 38.1 Å². The number of fused-ring (bicyclic) bond motifs is 1. The maximum atomic E-state index is 12.5. The van der Waals surface area contributed by atoms with Crippen LogP contribution in [0, 0.1) is 0 Å². The highest BCUT2D eigenvalue weighted by Gasteiger charge is 2.49. The second kappa shape index (κ2) is 9.56. The summed E-state index contributed by atoms with van der Waals surface area (Å²) in [6, 6.07) is 1.82. The van der Waals surface area contributed by atoms with E-state index in [1.807, 2.05) is 0 Å². The van der Waals surface area contributed by atoms with Gasteiger partial charge in [0.2, 0.25) is 0 Å². The number of sulfone groups is 1. The molecule has 2 aromatic rings. The van der Waals surface area contributed by atoms with E-state index in [-0.39, 0.29) is 16.8 Å². The van der Waals surface area contributed by atoms with Crippen molar-refractivity contribution in [1.29, 1.82) is 0 Å². The molecule has 1 saturated carbocycles. The molecule has 4 rings (SSSR count). The van der Waals surface area contributed by atoms with Crippen molar-refractivity contribution in [1.82, 2.24) is 20.0 Å². The number of aliphatic hydroxyl groups is 3. The molecule has 6 N–H and O–H groups in total. The number of ether oxygens (including phenoxy) is 1. The molecule has 14 nitrogen and oxygen atoms in total. The first-order valence-corrected chi connectivity index (χ1v) is 14.3. The number of hydrogen-bond acceptors (Lipinski definition) is 11. The number of aliphatic hydroxyl groups excluding tert-OH is 3. The quantitative estimate of drug-likeness (QED) is 0.181. The van der Waals surface area contributed by atoms with Crippen molar-refractivity contribution in [2.24, 2.45) is 0 Å². The maximum Gasteiger partial charge on any atom is 0.345 e. The third-order valence-corrected chi connectivity index (χ3v) is 10.7. The standard InChI is InChI=1S/C17H25ClN5O9PS/c18-11-5-9(19-8-3-1-2-4-8)13-16(20-11)23(22-21-13)17-15(26)14(25)10(32-17)7-34(30,31)12(6-24)33(27,28)29/h5,8,10,12,14-15,17,24-26H,1-4,6-7H2,(H,19,20)(H2,27,28,29)/t10-,12?,14-,15-,17-/m1/s1. The van der Waals surface area contributed by atoms with Crippen LogP contribution in [0.1, 0.15) is 31.9 Å². The minimum absolute atomic E-state index is 0.108. The molecule has 1 saturated heterocycles. The summed E-state index contributed by atoms with van der Waals surface area (Å²) in [6.07, 6.45) is -2.25. The lowest BCUT2D eigenvalue weighted by molar-refractivity contribution is -0.0375. The van der Waals surface area contributed by atoms with Gasteiger partial charge >= 0.3 is 7.60 Å². The van der Waals surface area contributed by atoms with E-state index in [1.165, 1.54) is 0 Å². The zero-order valence-corrected chi connectivity index (χ0v) is 20.1. The summed E-state index contributed by atoms with van der Waals surface area (Å²) >= 11 is 6.17. The van der Waals surface area contributed by atoms with E-state index in [0.717, 1.165) is 30.4 Å². The van der Waals surface area contributed by atoms with Gasteiger partial charge < -0.3 is 35.2 Å². The van der Waals surface area contributed by atoms with Gasteiger partial charge in [0.25, 0.3) is 0 Å². The first-order chi connectivity index (χ1) is 15.9. The van der Waals surface area contributed by atoms with Crippen LogP contribution in [-0.2, 0) is 19.1 Å². The summed E-state index contributed by atoms with van der Waals surface area (Å²) in [5.41, 5.74) is 1.03. The smallest absolute Gasteiger partial charge is 0.345 e. The van der Waals surface area contributed by atoms with Gasteiger partial charge in [0.05, 0.1) is 18.0 Å². The SMILES string of the molecule is O=P(O)(O)C(CO)S(=O)(=O)C[C@H]1O[C@@H](n2nnc3c(NC4CCCC4)cc(Cl)nc32)[C@H](O)[C@@H]1O. The van der Waals surface area contributed by atoms with Gasteiger partial charge in [0.1, 0.15) is 23.5 Å². The molecular weight excluding hydrogens is 517 g/mol. The fourth-order valence-electron chi connectivity index (χ4n) is 4.30. The van der Waals surface area contributed by atoms with Crippen molar-refractivity contribution in [2.75, 3.05) is 17.7 Å². The predicted molar refractivity (Wildman–Crippen MR) is 119 cm³/mol. The lowest BCUT2D eigenvalue weighted by Gasteiger charge is -2.20. The molecule has 1 aliphatic heterocycles. The molecule has 0 amide bonds. The molecule has 5 atom stereocenters. The number of halogens is 1. The van der Waals surface area contributed by atoms with E-state index in [2.05, 4.69) is 20.6 Å². The molecular formula is C17H25ClN5O9PS. The van der Waals surface area contributed by atoms with E-state index in [1.54, 1.807) is 6.07 Å². The molecule has 34 heavy (non-hydrogen) atoms. The van der Waals surface area contributed by atoms with E-state index >= 15 is 0 Å².